The second-order valence-electron chi connectivity index (χ2n) is 9.03. The molecule has 1 amide bonds. The van der Waals surface area contributed by atoms with Crippen molar-refractivity contribution < 1.29 is 14.3 Å². The molecule has 1 aromatic heterocycles. The van der Waals surface area contributed by atoms with Gasteiger partial charge in [0.2, 0.25) is 5.91 Å². The highest BCUT2D eigenvalue weighted by Gasteiger charge is 2.43. The molecule has 2 aliphatic rings. The number of aromatic nitrogens is 2. The summed E-state index contributed by atoms with van der Waals surface area (Å²) in [6, 6.07) is 6.49. The van der Waals surface area contributed by atoms with Crippen molar-refractivity contribution in [1.82, 2.24) is 20.2 Å². The summed E-state index contributed by atoms with van der Waals surface area (Å²) < 4.78 is 13.7. The number of amides is 1. The normalized spacial score (nSPS) is 23.6. The zero-order chi connectivity index (χ0) is 21.9. The van der Waals surface area contributed by atoms with Crippen LogP contribution in [-0.4, -0.2) is 71.3 Å². The molecular formula is C23H30FN5O2. The van der Waals surface area contributed by atoms with Crippen LogP contribution in [0.25, 0.3) is 0 Å². The van der Waals surface area contributed by atoms with Crippen LogP contribution in [0.15, 0.2) is 42.9 Å². The topological polar surface area (TPSA) is 81.6 Å². The van der Waals surface area contributed by atoms with Gasteiger partial charge in [-0.15, -0.1) is 0 Å². The summed E-state index contributed by atoms with van der Waals surface area (Å²) in [7, 11) is 2.05. The van der Waals surface area contributed by atoms with Crippen LogP contribution in [-0.2, 0) is 11.2 Å². The molecule has 3 heterocycles. The fourth-order valence-corrected chi connectivity index (χ4v) is 4.65. The van der Waals surface area contributed by atoms with E-state index in [1.165, 1.54) is 12.1 Å². The molecule has 8 heteroatoms. The molecule has 1 atom stereocenters. The number of β-amino-alcohol motifs (C(OH)–C–C–N with tert-alkyl or cyclic N) is 1. The average Bonchev–Trinajstić information content (AvgIpc) is 3.17. The van der Waals surface area contributed by atoms with E-state index in [-0.39, 0.29) is 18.3 Å². The van der Waals surface area contributed by atoms with Crippen LogP contribution >= 0.6 is 0 Å². The van der Waals surface area contributed by atoms with Crippen molar-refractivity contribution in [2.75, 3.05) is 44.7 Å². The van der Waals surface area contributed by atoms with Gasteiger partial charge in [-0.1, -0.05) is 12.1 Å². The zero-order valence-corrected chi connectivity index (χ0v) is 17.9. The molecule has 1 aromatic carbocycles. The van der Waals surface area contributed by atoms with Gasteiger partial charge in [0.05, 0.1) is 11.6 Å². The highest BCUT2D eigenvalue weighted by atomic mass is 19.1. The van der Waals surface area contributed by atoms with Gasteiger partial charge in [0, 0.05) is 32.0 Å². The fourth-order valence-electron chi connectivity index (χ4n) is 4.65. The summed E-state index contributed by atoms with van der Waals surface area (Å²) in [5.41, 5.74) is -0.786. The molecule has 2 saturated heterocycles. The lowest BCUT2D eigenvalue weighted by atomic mass is 9.73. The van der Waals surface area contributed by atoms with Crippen LogP contribution < -0.4 is 10.2 Å². The summed E-state index contributed by atoms with van der Waals surface area (Å²) in [5, 5.41) is 14.1. The number of hydrogen-bond acceptors (Lipinski definition) is 6. The third kappa shape index (κ3) is 5.02. The molecular weight excluding hydrogens is 397 g/mol. The van der Waals surface area contributed by atoms with Gasteiger partial charge >= 0.3 is 0 Å². The van der Waals surface area contributed by atoms with E-state index in [1.54, 1.807) is 24.7 Å². The lowest BCUT2D eigenvalue weighted by Gasteiger charge is -2.40. The van der Waals surface area contributed by atoms with Crippen LogP contribution in [0.2, 0.25) is 0 Å². The number of nitrogens with one attached hydrogen (secondary N) is 1. The molecule has 2 N–H and O–H groups in total. The number of carbonyl (C=O) groups is 1. The molecule has 4 rings (SSSR count). The predicted octanol–water partition coefficient (Wildman–Crippen LogP) is 1.63. The molecule has 2 fully saturated rings. The predicted molar refractivity (Wildman–Crippen MR) is 116 cm³/mol. The Hall–Kier alpha value is -2.58. The van der Waals surface area contributed by atoms with Gasteiger partial charge in [-0.25, -0.2) is 9.37 Å². The molecule has 0 bridgehead atoms. The third-order valence-corrected chi connectivity index (χ3v) is 6.64. The summed E-state index contributed by atoms with van der Waals surface area (Å²) in [6.45, 7) is 2.86. The van der Waals surface area contributed by atoms with E-state index in [4.69, 9.17) is 0 Å². The largest absolute Gasteiger partial charge is 0.386 e. The minimum Gasteiger partial charge on any atom is -0.386 e. The molecule has 1 unspecified atom stereocenters. The summed E-state index contributed by atoms with van der Waals surface area (Å²) >= 11 is 0. The van der Waals surface area contributed by atoms with E-state index in [0.29, 0.717) is 38.8 Å². The molecule has 0 saturated carbocycles. The third-order valence-electron chi connectivity index (χ3n) is 6.64. The molecule has 7 nitrogen and oxygen atoms in total. The first-order valence-corrected chi connectivity index (χ1v) is 10.8. The Morgan fingerprint density at radius 2 is 2.03 bits per heavy atom. The van der Waals surface area contributed by atoms with Crippen LogP contribution in [0, 0.1) is 11.2 Å². The van der Waals surface area contributed by atoms with E-state index in [2.05, 4.69) is 20.2 Å². The minimum absolute atomic E-state index is 0.0590. The SMILES string of the molecule is CN1CCC(Cc2cccc(F)c2)(C(=O)NCC2(O)CCN(c3cnccn3)C2)CC1. The van der Waals surface area contributed by atoms with Crippen molar-refractivity contribution in [3.63, 3.8) is 0 Å². The number of likely N-dealkylation sites (tertiary alicyclic amines) is 1. The zero-order valence-electron chi connectivity index (χ0n) is 17.9. The van der Waals surface area contributed by atoms with Crippen molar-refractivity contribution in [1.29, 1.82) is 0 Å². The van der Waals surface area contributed by atoms with E-state index < -0.39 is 11.0 Å². The van der Waals surface area contributed by atoms with Crippen molar-refractivity contribution in [3.05, 3.63) is 54.2 Å². The Kier molecular flexibility index (Phi) is 6.20. The first-order chi connectivity index (χ1) is 14.9. The quantitative estimate of drug-likeness (QED) is 0.729. The second kappa shape index (κ2) is 8.88. The van der Waals surface area contributed by atoms with Crippen LogP contribution in [0.1, 0.15) is 24.8 Å². The second-order valence-corrected chi connectivity index (χ2v) is 9.03. The van der Waals surface area contributed by atoms with E-state index in [0.717, 1.165) is 24.5 Å². The van der Waals surface area contributed by atoms with Gasteiger partial charge in [-0.05, 0) is 63.5 Å². The van der Waals surface area contributed by atoms with Crippen molar-refractivity contribution >= 4 is 11.7 Å². The van der Waals surface area contributed by atoms with Gasteiger partial charge in [-0.2, -0.15) is 0 Å². The van der Waals surface area contributed by atoms with Gasteiger partial charge < -0.3 is 20.2 Å². The number of piperidine rings is 1. The Morgan fingerprint density at radius 3 is 2.74 bits per heavy atom. The molecule has 2 aliphatic heterocycles. The Bertz CT molecular complexity index is 904. The van der Waals surface area contributed by atoms with Crippen LogP contribution in [0.5, 0.6) is 0 Å². The van der Waals surface area contributed by atoms with E-state index in [1.807, 2.05) is 18.0 Å². The highest BCUT2D eigenvalue weighted by molar-refractivity contribution is 5.83. The number of carbonyl (C=O) groups excluding carboxylic acids is 1. The molecule has 0 aliphatic carbocycles. The first kappa shape index (κ1) is 21.6. The lowest BCUT2D eigenvalue weighted by molar-refractivity contribution is -0.134. The van der Waals surface area contributed by atoms with Gasteiger partial charge in [0.25, 0.3) is 0 Å². The van der Waals surface area contributed by atoms with Crippen molar-refractivity contribution in [2.45, 2.75) is 31.3 Å². The van der Waals surface area contributed by atoms with Crippen molar-refractivity contribution in [2.24, 2.45) is 5.41 Å². The number of anilines is 1. The monoisotopic (exact) mass is 427 g/mol. The van der Waals surface area contributed by atoms with Gasteiger partial charge in [0.15, 0.2) is 0 Å². The molecule has 0 radical (unpaired) electrons. The minimum atomic E-state index is -1.02. The number of hydrogen-bond donors (Lipinski definition) is 2. The molecule has 166 valence electrons. The lowest BCUT2D eigenvalue weighted by Crippen LogP contribution is -2.53. The fraction of sp³-hybridized carbons (Fsp3) is 0.522. The van der Waals surface area contributed by atoms with Crippen LogP contribution in [0.4, 0.5) is 10.2 Å². The summed E-state index contributed by atoms with van der Waals surface area (Å²) in [5.74, 6) is 0.379. The maximum atomic E-state index is 13.7. The average molecular weight is 428 g/mol. The highest BCUT2D eigenvalue weighted by Crippen LogP contribution is 2.36. The first-order valence-electron chi connectivity index (χ1n) is 10.8. The number of rotatable bonds is 6. The molecule has 2 aromatic rings. The maximum absolute atomic E-state index is 13.7. The molecule has 31 heavy (non-hydrogen) atoms. The number of halogens is 1. The Balaban J connectivity index is 1.43. The number of nitrogens with zero attached hydrogens (tertiary/aromatic N) is 4. The van der Waals surface area contributed by atoms with Crippen LogP contribution in [0.3, 0.4) is 0 Å². The standard InChI is InChI=1S/C23H30FN5O2/c1-28-10-5-22(6-11-28,14-18-3-2-4-19(24)13-18)21(30)27-16-23(31)7-12-29(17-23)20-15-25-8-9-26-20/h2-4,8-9,13,15,31H,5-7,10-12,14,16-17H2,1H3,(H,27,30). The van der Waals surface area contributed by atoms with Crippen molar-refractivity contribution in [3.8, 4) is 0 Å². The van der Waals surface area contributed by atoms with E-state index in [9.17, 15) is 14.3 Å². The van der Waals surface area contributed by atoms with E-state index >= 15 is 0 Å². The maximum Gasteiger partial charge on any atom is 0.226 e. The Morgan fingerprint density at radius 1 is 1.23 bits per heavy atom. The van der Waals surface area contributed by atoms with Gasteiger partial charge in [0.1, 0.15) is 17.2 Å². The van der Waals surface area contributed by atoms with Gasteiger partial charge in [-0.3, -0.25) is 9.78 Å². The Labute approximate surface area is 182 Å². The summed E-state index contributed by atoms with van der Waals surface area (Å²) in [6.07, 6.45) is 7.37. The summed E-state index contributed by atoms with van der Waals surface area (Å²) in [4.78, 5) is 26.0. The number of benzene rings is 1. The molecule has 0 spiro atoms. The number of aliphatic hydroxyl groups is 1. The smallest absolute Gasteiger partial charge is 0.226 e.